The first-order valence-electron chi connectivity index (χ1n) is 19.4. The van der Waals surface area contributed by atoms with Gasteiger partial charge in [-0.25, -0.2) is 0 Å². The fraction of sp³-hybridized carbons (Fsp3) is 0. The minimum Gasteiger partial charge on any atom is -0.312 e. The Kier molecular flexibility index (Phi) is 9.82. The lowest BCUT2D eigenvalue weighted by Gasteiger charge is -2.24. The molecule has 248 valence electrons. The van der Waals surface area contributed by atoms with Crippen LogP contribution >= 0.6 is 0 Å². The molecule has 0 bridgehead atoms. The Morgan fingerprint density at radius 3 is 1.06 bits per heavy atom. The average Bonchev–Trinajstić information content (AvgIpc) is 3.95. The number of hydrogen-bond acceptors (Lipinski definition) is 0. The molecule has 22 heteroatoms. The molecular formula is C42H8B19N3. The number of rotatable bonds is 3. The summed E-state index contributed by atoms with van der Waals surface area (Å²) in [7, 11) is 130. The third-order valence-corrected chi connectivity index (χ3v) is 12.6. The summed E-state index contributed by atoms with van der Waals surface area (Å²) in [5, 5.41) is 1.80. The van der Waals surface area contributed by atoms with Gasteiger partial charge in [0.25, 0.3) is 0 Å². The zero-order valence-electron chi connectivity index (χ0n) is 33.9. The summed E-state index contributed by atoms with van der Waals surface area (Å²) in [6, 6.07) is 14.1. The van der Waals surface area contributed by atoms with Crippen LogP contribution in [0.15, 0.2) is 48.5 Å². The van der Waals surface area contributed by atoms with Crippen molar-refractivity contribution in [3.05, 3.63) is 48.5 Å². The number of para-hydroxylation sites is 1. The van der Waals surface area contributed by atoms with Crippen molar-refractivity contribution < 1.29 is 0 Å². The predicted octanol–water partition coefficient (Wildman–Crippen LogP) is -11.9. The minimum atomic E-state index is -0.0529. The average molecular weight is 760 g/mol. The van der Waals surface area contributed by atoms with Gasteiger partial charge in [-0.15, -0.1) is 32.8 Å². The lowest BCUT2D eigenvalue weighted by Crippen LogP contribution is -2.49. The van der Waals surface area contributed by atoms with Crippen LogP contribution in [0, 0.1) is 0 Å². The molecule has 10 rings (SSSR count). The van der Waals surface area contributed by atoms with E-state index in [0.717, 1.165) is 0 Å². The van der Waals surface area contributed by atoms with E-state index in [9.17, 15) is 0 Å². The highest BCUT2D eigenvalue weighted by Gasteiger charge is 2.31. The van der Waals surface area contributed by atoms with Crippen LogP contribution in [0.3, 0.4) is 0 Å². The van der Waals surface area contributed by atoms with Gasteiger partial charge in [-0.3, -0.25) is 0 Å². The summed E-state index contributed by atoms with van der Waals surface area (Å²) < 4.78 is 5.09. The molecule has 0 saturated heterocycles. The Morgan fingerprint density at radius 1 is 0.250 bits per heavy atom. The molecule has 7 aromatic carbocycles. The fourth-order valence-electron chi connectivity index (χ4n) is 9.51. The topological polar surface area (TPSA) is 14.8 Å². The first kappa shape index (κ1) is 43.1. The molecule has 64 heavy (non-hydrogen) atoms. The van der Waals surface area contributed by atoms with Crippen molar-refractivity contribution in [1.82, 2.24) is 13.7 Å². The van der Waals surface area contributed by atoms with Gasteiger partial charge in [0.15, 0.2) is 0 Å². The van der Waals surface area contributed by atoms with Crippen LogP contribution in [-0.2, 0) is 0 Å². The van der Waals surface area contributed by atoms with Crippen molar-refractivity contribution in [1.29, 1.82) is 0 Å². The van der Waals surface area contributed by atoms with E-state index in [1.165, 1.54) is 0 Å². The van der Waals surface area contributed by atoms with Crippen LogP contribution in [0.2, 0.25) is 0 Å². The molecule has 0 fully saturated rings. The van der Waals surface area contributed by atoms with E-state index in [2.05, 4.69) is 0 Å². The van der Waals surface area contributed by atoms with Gasteiger partial charge < -0.3 is 13.7 Å². The standard InChI is InChI=1S/C42H8B19N3/c43-9-5-7-10(8-6-9)62-36-15(20(46)24(50)27(53)30(36)56)13-19(45)14-18-23(49)42(34(60)33(59)37(18)63(41(14)35(61)40(13)62)12-4-2-1-3-11(12)44)64-38-16(21(47)25(51)28(54)31(38)57)17-22(48)26(52)29(55)32(58)39(17)64/h1-8H. The Bertz CT molecular complexity index is 3750. The van der Waals surface area contributed by atoms with Gasteiger partial charge >= 0.3 is 0 Å². The Labute approximate surface area is 395 Å². The molecule has 3 heterocycles. The Morgan fingerprint density at radius 2 is 0.594 bits per heavy atom. The second kappa shape index (κ2) is 14.6. The molecule has 38 radical (unpaired) electrons. The van der Waals surface area contributed by atoms with Gasteiger partial charge in [0.05, 0.1) is 0 Å². The predicted molar refractivity (Wildman–Crippen MR) is 292 cm³/mol. The first-order chi connectivity index (χ1) is 30.3. The van der Waals surface area contributed by atoms with Gasteiger partial charge in [-0.2, -0.15) is 0 Å². The fourth-order valence-corrected chi connectivity index (χ4v) is 9.51. The maximum absolute atomic E-state index is 7.51. The van der Waals surface area contributed by atoms with Gasteiger partial charge in [0.2, 0.25) is 0 Å². The normalized spacial score (nSPS) is 12.0. The van der Waals surface area contributed by atoms with E-state index in [4.69, 9.17) is 149 Å². The molecule has 0 aliphatic carbocycles. The maximum atomic E-state index is 7.51. The third-order valence-electron chi connectivity index (χ3n) is 12.6. The van der Waals surface area contributed by atoms with E-state index in [1.807, 2.05) is 0 Å². The van der Waals surface area contributed by atoms with Crippen molar-refractivity contribution in [2.45, 2.75) is 0 Å². The van der Waals surface area contributed by atoms with Crippen molar-refractivity contribution in [2.24, 2.45) is 0 Å². The number of hydrogen-bond donors (Lipinski definition) is 0. The molecule has 0 aliphatic heterocycles. The zero-order chi connectivity index (χ0) is 46.0. The number of benzene rings is 7. The van der Waals surface area contributed by atoms with Crippen LogP contribution in [0.25, 0.3) is 82.5 Å². The number of fused-ring (bicyclic) bond motifs is 9. The zero-order valence-corrected chi connectivity index (χ0v) is 33.9. The molecular weight excluding hydrogens is 752 g/mol. The highest BCUT2D eigenvalue weighted by Crippen LogP contribution is 2.36. The molecule has 0 aliphatic rings. The van der Waals surface area contributed by atoms with E-state index >= 15 is 0 Å². The molecule has 3 nitrogen and oxygen atoms in total. The first-order valence-corrected chi connectivity index (χ1v) is 19.4. The van der Waals surface area contributed by atoms with Crippen molar-refractivity contribution in [2.75, 3.05) is 0 Å². The molecule has 0 amide bonds. The smallest absolute Gasteiger partial charge is 0.119 e. The van der Waals surface area contributed by atoms with Crippen molar-refractivity contribution in [3.8, 4) is 17.1 Å². The van der Waals surface area contributed by atoms with E-state index in [0.29, 0.717) is 55.0 Å². The lowest BCUT2D eigenvalue weighted by molar-refractivity contribution is 1.18. The van der Waals surface area contributed by atoms with Crippen LogP contribution in [0.5, 0.6) is 0 Å². The third kappa shape index (κ3) is 5.32. The monoisotopic (exact) mass is 763 g/mol. The molecule has 0 N–H and O–H groups in total. The van der Waals surface area contributed by atoms with Gasteiger partial charge in [-0.1, -0.05) is 95.9 Å². The van der Waals surface area contributed by atoms with Crippen LogP contribution in [-0.4, -0.2) is 163 Å². The Hall–Kier alpha value is -4.83. The van der Waals surface area contributed by atoms with Gasteiger partial charge in [0.1, 0.15) is 149 Å². The summed E-state index contributed by atoms with van der Waals surface area (Å²) in [6.07, 6.45) is 0. The molecule has 0 saturated carbocycles. The maximum Gasteiger partial charge on any atom is 0.119 e. The Balaban J connectivity index is 1.54. The summed E-state index contributed by atoms with van der Waals surface area (Å²) in [5.74, 6) is 0. The number of aromatic nitrogens is 3. The van der Waals surface area contributed by atoms with Crippen LogP contribution < -0.4 is 104 Å². The van der Waals surface area contributed by atoms with Crippen LogP contribution in [0.4, 0.5) is 0 Å². The van der Waals surface area contributed by atoms with Crippen molar-refractivity contribution in [3.63, 3.8) is 0 Å². The number of nitrogens with zero attached hydrogens (tertiary/aromatic N) is 3. The van der Waals surface area contributed by atoms with Gasteiger partial charge in [0, 0.05) is 66.3 Å². The summed E-state index contributed by atoms with van der Waals surface area (Å²) >= 11 is 0. The van der Waals surface area contributed by atoms with E-state index < -0.39 is 0 Å². The molecule has 0 spiro atoms. The quantitative estimate of drug-likeness (QED) is 0.159. The van der Waals surface area contributed by atoms with E-state index in [1.54, 1.807) is 62.2 Å². The highest BCUT2D eigenvalue weighted by molar-refractivity contribution is 6.73. The van der Waals surface area contributed by atoms with Crippen LogP contribution in [0.1, 0.15) is 0 Å². The minimum absolute atomic E-state index is 0.00413. The molecule has 0 atom stereocenters. The van der Waals surface area contributed by atoms with E-state index in [-0.39, 0.29) is 131 Å². The molecule has 0 unspecified atom stereocenters. The second-order valence-corrected chi connectivity index (χ2v) is 15.9. The molecule has 10 aromatic rings. The second-order valence-electron chi connectivity index (χ2n) is 15.9. The summed E-state index contributed by atoms with van der Waals surface area (Å²) in [4.78, 5) is 0. The highest BCUT2D eigenvalue weighted by atomic mass is 15.0. The molecule has 3 aromatic heterocycles. The SMILES string of the molecule is [B]c1ccc(-n2c3c([B])c([B])c([B])c([B])c3c3c([B])c4c5c([B])c(-n6c7c([B])c([B])c([B])c([B])c7c7c([B])c([B])c([B])c([B])c76)c([B])c([B])c5n(-c5ccccc5[B])c4c([B])c32)cc1. The van der Waals surface area contributed by atoms with Gasteiger partial charge in [-0.05, 0) is 39.8 Å². The summed E-state index contributed by atoms with van der Waals surface area (Å²) in [6.45, 7) is 0. The summed E-state index contributed by atoms with van der Waals surface area (Å²) in [5.41, 5.74) is 4.16. The van der Waals surface area contributed by atoms with Crippen molar-refractivity contribution >= 4 is 318 Å². The largest absolute Gasteiger partial charge is 0.312 e. The lowest BCUT2D eigenvalue weighted by atomic mass is 9.63.